The van der Waals surface area contributed by atoms with E-state index in [1.165, 1.54) is 19.3 Å². The summed E-state index contributed by atoms with van der Waals surface area (Å²) in [6, 6.07) is 0. The quantitative estimate of drug-likeness (QED) is 0.608. The van der Waals surface area contributed by atoms with E-state index in [9.17, 15) is 4.79 Å². The Morgan fingerprint density at radius 2 is 1.88 bits per heavy atom. The largest absolute Gasteiger partial charge is 0.299 e. The van der Waals surface area contributed by atoms with Gasteiger partial charge < -0.3 is 0 Å². The molecule has 0 N–H and O–H groups in total. The fourth-order valence-electron chi connectivity index (χ4n) is 5.60. The summed E-state index contributed by atoms with van der Waals surface area (Å²) in [5.74, 6) is 2.84. The van der Waals surface area contributed by atoms with Gasteiger partial charge in [0.15, 0.2) is 0 Å². The molecule has 0 aromatic heterocycles. The third-order valence-electron chi connectivity index (χ3n) is 6.10. The summed E-state index contributed by atoms with van der Waals surface area (Å²) in [4.78, 5) is 12.4. The van der Waals surface area contributed by atoms with Gasteiger partial charge in [0.2, 0.25) is 0 Å². The zero-order valence-electron chi connectivity index (χ0n) is 11.0. The van der Waals surface area contributed by atoms with Gasteiger partial charge in [0.25, 0.3) is 0 Å². The van der Waals surface area contributed by atoms with Gasteiger partial charge in [-0.15, -0.1) is 0 Å². The molecule has 1 heteroatoms. The average molecular weight is 220 g/mol. The van der Waals surface area contributed by atoms with E-state index in [-0.39, 0.29) is 0 Å². The minimum atomic E-state index is 0.353. The maximum absolute atomic E-state index is 12.4. The number of carbonyl (C=O) groups excluding carboxylic acids is 1. The smallest absolute Gasteiger partial charge is 0.139 e. The Balaban J connectivity index is 2.08. The molecule has 3 fully saturated rings. The van der Waals surface area contributed by atoms with Gasteiger partial charge in [-0.05, 0) is 48.3 Å². The van der Waals surface area contributed by atoms with Crippen molar-refractivity contribution in [3.05, 3.63) is 0 Å². The molecule has 90 valence electrons. The first-order valence-electron chi connectivity index (χ1n) is 6.92. The lowest BCUT2D eigenvalue weighted by atomic mass is 9.68. The number of carbonyl (C=O) groups is 1. The highest BCUT2D eigenvalue weighted by Gasteiger charge is 2.67. The predicted molar refractivity (Wildman–Crippen MR) is 65.0 cm³/mol. The maximum atomic E-state index is 12.4. The molecular weight excluding hydrogens is 196 g/mol. The molecule has 0 saturated heterocycles. The number of ketones is 1. The van der Waals surface area contributed by atoms with Crippen molar-refractivity contribution >= 4 is 5.78 Å². The summed E-state index contributed by atoms with van der Waals surface area (Å²) in [6.07, 6.45) is 5.11. The molecule has 3 rings (SSSR count). The van der Waals surface area contributed by atoms with Crippen LogP contribution >= 0.6 is 0 Å². The lowest BCUT2D eigenvalue weighted by molar-refractivity contribution is -0.125. The highest BCUT2D eigenvalue weighted by molar-refractivity contribution is 5.87. The first-order valence-corrected chi connectivity index (χ1v) is 6.92. The highest BCUT2D eigenvalue weighted by atomic mass is 16.1. The van der Waals surface area contributed by atoms with Gasteiger partial charge >= 0.3 is 0 Å². The van der Waals surface area contributed by atoms with Gasteiger partial charge in [0.05, 0.1) is 0 Å². The summed E-state index contributed by atoms with van der Waals surface area (Å²) in [5, 5.41) is 0. The fraction of sp³-hybridized carbons (Fsp3) is 0.933. The van der Waals surface area contributed by atoms with E-state index in [4.69, 9.17) is 0 Å². The fourth-order valence-corrected chi connectivity index (χ4v) is 5.60. The molecule has 0 bridgehead atoms. The van der Waals surface area contributed by atoms with Crippen LogP contribution < -0.4 is 0 Å². The number of hydrogen-bond acceptors (Lipinski definition) is 1. The summed E-state index contributed by atoms with van der Waals surface area (Å²) in [7, 11) is 0. The van der Waals surface area contributed by atoms with E-state index in [2.05, 4.69) is 27.7 Å². The first kappa shape index (κ1) is 10.8. The maximum Gasteiger partial charge on any atom is 0.139 e. The molecule has 3 aliphatic carbocycles. The van der Waals surface area contributed by atoms with Crippen LogP contribution in [0.25, 0.3) is 0 Å². The third kappa shape index (κ3) is 1.05. The van der Waals surface area contributed by atoms with Gasteiger partial charge in [-0.25, -0.2) is 0 Å². The Labute approximate surface area is 99.0 Å². The molecule has 0 heterocycles. The SMILES string of the molecule is CC1C(=O)[C@H]2CC(C)(C)CC23[C@H](C)CC[C@H]13. The predicted octanol–water partition coefficient (Wildman–Crippen LogP) is 3.67. The molecule has 0 aromatic carbocycles. The molecule has 1 spiro atoms. The highest BCUT2D eigenvalue weighted by Crippen LogP contribution is 2.70. The zero-order valence-corrected chi connectivity index (χ0v) is 11.0. The summed E-state index contributed by atoms with van der Waals surface area (Å²) < 4.78 is 0. The van der Waals surface area contributed by atoms with Gasteiger partial charge in [0.1, 0.15) is 5.78 Å². The Morgan fingerprint density at radius 3 is 2.56 bits per heavy atom. The van der Waals surface area contributed by atoms with E-state index in [1.807, 2.05) is 0 Å². The van der Waals surface area contributed by atoms with Crippen molar-refractivity contribution in [3.63, 3.8) is 0 Å². The molecular formula is C15H24O. The topological polar surface area (TPSA) is 17.1 Å². The van der Waals surface area contributed by atoms with E-state index < -0.39 is 0 Å². The van der Waals surface area contributed by atoms with Crippen LogP contribution in [0.2, 0.25) is 0 Å². The second-order valence-electron chi connectivity index (χ2n) is 7.49. The summed E-state index contributed by atoms with van der Waals surface area (Å²) in [5.41, 5.74) is 0.803. The Kier molecular flexibility index (Phi) is 1.97. The van der Waals surface area contributed by atoms with Crippen LogP contribution in [0.3, 0.4) is 0 Å². The molecule has 16 heavy (non-hydrogen) atoms. The molecule has 0 aromatic rings. The summed E-state index contributed by atoms with van der Waals surface area (Å²) >= 11 is 0. The molecule has 0 radical (unpaired) electrons. The van der Waals surface area contributed by atoms with Crippen LogP contribution in [-0.4, -0.2) is 5.78 Å². The van der Waals surface area contributed by atoms with E-state index in [0.29, 0.717) is 34.4 Å². The van der Waals surface area contributed by atoms with Crippen LogP contribution in [0.15, 0.2) is 0 Å². The lowest BCUT2D eigenvalue weighted by Crippen LogP contribution is -2.31. The molecule has 1 nitrogen and oxygen atoms in total. The normalized spacial score (nSPS) is 54.1. The van der Waals surface area contributed by atoms with Crippen LogP contribution in [0.4, 0.5) is 0 Å². The average Bonchev–Trinajstić information content (AvgIpc) is 2.70. The monoisotopic (exact) mass is 220 g/mol. The molecule has 3 aliphatic rings. The first-order chi connectivity index (χ1) is 7.38. The van der Waals surface area contributed by atoms with Crippen LogP contribution in [0.5, 0.6) is 0 Å². The molecule has 0 amide bonds. The second kappa shape index (κ2) is 2.91. The van der Waals surface area contributed by atoms with Crippen molar-refractivity contribution < 1.29 is 4.79 Å². The Hall–Kier alpha value is -0.330. The van der Waals surface area contributed by atoms with Crippen LogP contribution in [0.1, 0.15) is 53.4 Å². The zero-order chi connectivity index (χ0) is 11.7. The van der Waals surface area contributed by atoms with E-state index in [1.54, 1.807) is 0 Å². The van der Waals surface area contributed by atoms with Gasteiger partial charge in [-0.3, -0.25) is 4.79 Å². The van der Waals surface area contributed by atoms with Crippen molar-refractivity contribution in [2.45, 2.75) is 53.4 Å². The minimum Gasteiger partial charge on any atom is -0.299 e. The third-order valence-corrected chi connectivity index (χ3v) is 6.10. The second-order valence-corrected chi connectivity index (χ2v) is 7.49. The van der Waals surface area contributed by atoms with E-state index in [0.717, 1.165) is 12.3 Å². The van der Waals surface area contributed by atoms with Crippen LogP contribution in [-0.2, 0) is 4.79 Å². The van der Waals surface area contributed by atoms with E-state index >= 15 is 0 Å². The Morgan fingerprint density at radius 1 is 1.19 bits per heavy atom. The van der Waals surface area contributed by atoms with Crippen molar-refractivity contribution in [3.8, 4) is 0 Å². The van der Waals surface area contributed by atoms with Gasteiger partial charge in [-0.1, -0.05) is 27.7 Å². The number of Topliss-reactive ketones (excluding diaryl/α,β-unsaturated/α-hetero) is 1. The van der Waals surface area contributed by atoms with Crippen molar-refractivity contribution in [1.29, 1.82) is 0 Å². The minimum absolute atomic E-state index is 0.353. The standard InChI is InChI=1S/C15H24O/c1-9-5-6-11-10(2)13(16)12-7-14(3,4)8-15(9,11)12/h9-12H,5-8H2,1-4H3/t9-,10?,11-,12-,15?/m1/s1. The molecule has 2 unspecified atom stereocenters. The van der Waals surface area contributed by atoms with Gasteiger partial charge in [0, 0.05) is 11.8 Å². The Bertz CT molecular complexity index is 343. The van der Waals surface area contributed by atoms with Crippen molar-refractivity contribution in [2.24, 2.45) is 34.5 Å². The van der Waals surface area contributed by atoms with Crippen LogP contribution in [0, 0.1) is 34.5 Å². The number of hydrogen-bond donors (Lipinski definition) is 0. The molecule has 5 atom stereocenters. The van der Waals surface area contributed by atoms with Crippen molar-refractivity contribution in [2.75, 3.05) is 0 Å². The van der Waals surface area contributed by atoms with Gasteiger partial charge in [-0.2, -0.15) is 0 Å². The molecule has 0 aliphatic heterocycles. The van der Waals surface area contributed by atoms with Crippen molar-refractivity contribution in [1.82, 2.24) is 0 Å². The summed E-state index contributed by atoms with van der Waals surface area (Å²) in [6.45, 7) is 9.32. The molecule has 3 saturated carbocycles. The number of rotatable bonds is 0. The lowest BCUT2D eigenvalue weighted by Gasteiger charge is -2.35.